The topological polar surface area (TPSA) is 49.4 Å². The number of benzene rings is 3. The van der Waals surface area contributed by atoms with E-state index in [0.717, 1.165) is 30.5 Å². The molecular formula is C25H24N2O2. The highest BCUT2D eigenvalue weighted by molar-refractivity contribution is 6.07. The van der Waals surface area contributed by atoms with Crippen LogP contribution in [0.4, 0.5) is 5.69 Å². The summed E-state index contributed by atoms with van der Waals surface area (Å²) in [6.07, 6.45) is 2.57. The second-order valence-electron chi connectivity index (χ2n) is 7.26. The summed E-state index contributed by atoms with van der Waals surface area (Å²) in [6, 6.07) is 25.1. The van der Waals surface area contributed by atoms with Crippen molar-refractivity contribution in [1.82, 2.24) is 5.32 Å². The minimum atomic E-state index is -0.0739. The molecule has 4 rings (SSSR count). The van der Waals surface area contributed by atoms with Crippen molar-refractivity contribution < 1.29 is 9.59 Å². The van der Waals surface area contributed by atoms with E-state index in [9.17, 15) is 9.59 Å². The molecule has 3 aromatic carbocycles. The number of fused-ring (bicyclic) bond motifs is 1. The summed E-state index contributed by atoms with van der Waals surface area (Å²) in [5.41, 5.74) is 4.49. The highest BCUT2D eigenvalue weighted by atomic mass is 16.2. The van der Waals surface area contributed by atoms with Crippen molar-refractivity contribution in [2.45, 2.75) is 19.3 Å². The van der Waals surface area contributed by atoms with E-state index in [-0.39, 0.29) is 11.8 Å². The maximum atomic E-state index is 12.9. The summed E-state index contributed by atoms with van der Waals surface area (Å²) < 4.78 is 0. The van der Waals surface area contributed by atoms with Gasteiger partial charge in [0.15, 0.2) is 0 Å². The molecule has 0 aromatic heterocycles. The lowest BCUT2D eigenvalue weighted by Gasteiger charge is -2.30. The predicted octanol–water partition coefficient (Wildman–Crippen LogP) is 4.25. The van der Waals surface area contributed by atoms with Crippen LogP contribution < -0.4 is 10.2 Å². The molecule has 4 nitrogen and oxygen atoms in total. The maximum Gasteiger partial charge on any atom is 0.258 e. The second-order valence-corrected chi connectivity index (χ2v) is 7.26. The second kappa shape index (κ2) is 8.74. The van der Waals surface area contributed by atoms with Crippen molar-refractivity contribution in [3.63, 3.8) is 0 Å². The number of carbonyl (C=O) groups excluding carboxylic acids is 2. The van der Waals surface area contributed by atoms with Gasteiger partial charge in [-0.25, -0.2) is 0 Å². The first-order valence-corrected chi connectivity index (χ1v) is 10.0. The standard InChI is InChI=1S/C25H24N2O2/c28-24(26-16-15-19-8-3-1-4-9-19)22-13-14-23-21(18-22)12-7-17-27(23)25(29)20-10-5-2-6-11-20/h1-6,8-11,13-14,18H,7,12,15-17H2,(H,26,28). The van der Waals surface area contributed by atoms with Gasteiger partial charge in [0, 0.05) is 29.9 Å². The molecule has 0 unspecified atom stereocenters. The zero-order valence-electron chi connectivity index (χ0n) is 16.3. The fourth-order valence-electron chi connectivity index (χ4n) is 3.75. The Balaban J connectivity index is 1.45. The summed E-state index contributed by atoms with van der Waals surface area (Å²) in [6.45, 7) is 1.29. The van der Waals surface area contributed by atoms with Gasteiger partial charge >= 0.3 is 0 Å². The van der Waals surface area contributed by atoms with E-state index < -0.39 is 0 Å². The lowest BCUT2D eigenvalue weighted by atomic mass is 9.98. The van der Waals surface area contributed by atoms with E-state index in [0.29, 0.717) is 24.2 Å². The van der Waals surface area contributed by atoms with Gasteiger partial charge in [0.25, 0.3) is 11.8 Å². The van der Waals surface area contributed by atoms with Gasteiger partial charge < -0.3 is 10.2 Å². The molecule has 2 amide bonds. The molecule has 1 heterocycles. The van der Waals surface area contributed by atoms with Crippen molar-refractivity contribution in [2.24, 2.45) is 0 Å². The molecule has 0 saturated heterocycles. The highest BCUT2D eigenvalue weighted by Crippen LogP contribution is 2.29. The SMILES string of the molecule is O=C(NCCc1ccccc1)c1ccc2c(c1)CCCN2C(=O)c1ccccc1. The average molecular weight is 384 g/mol. The first-order chi connectivity index (χ1) is 14.2. The number of aryl methyl sites for hydroxylation is 1. The van der Waals surface area contributed by atoms with Gasteiger partial charge in [-0.3, -0.25) is 9.59 Å². The zero-order valence-corrected chi connectivity index (χ0v) is 16.3. The first kappa shape index (κ1) is 18.9. The molecule has 1 N–H and O–H groups in total. The van der Waals surface area contributed by atoms with Crippen LogP contribution in [0.3, 0.4) is 0 Å². The number of amides is 2. The normalized spacial score (nSPS) is 12.9. The van der Waals surface area contributed by atoms with Crippen LogP contribution in [0, 0.1) is 0 Å². The molecule has 1 aliphatic heterocycles. The van der Waals surface area contributed by atoms with Gasteiger partial charge in [-0.1, -0.05) is 48.5 Å². The number of rotatable bonds is 5. The lowest BCUT2D eigenvalue weighted by molar-refractivity contribution is 0.0953. The monoisotopic (exact) mass is 384 g/mol. The lowest BCUT2D eigenvalue weighted by Crippen LogP contribution is -2.35. The number of anilines is 1. The fraction of sp³-hybridized carbons (Fsp3) is 0.200. The van der Waals surface area contributed by atoms with Crippen molar-refractivity contribution in [2.75, 3.05) is 18.0 Å². The third kappa shape index (κ3) is 4.37. The van der Waals surface area contributed by atoms with Gasteiger partial charge in [0.05, 0.1) is 0 Å². The Morgan fingerprint density at radius 2 is 1.59 bits per heavy atom. The zero-order chi connectivity index (χ0) is 20.1. The number of hydrogen-bond donors (Lipinski definition) is 1. The van der Waals surface area contributed by atoms with Crippen LogP contribution in [-0.2, 0) is 12.8 Å². The Morgan fingerprint density at radius 3 is 2.34 bits per heavy atom. The van der Waals surface area contributed by atoms with E-state index in [2.05, 4.69) is 17.4 Å². The molecule has 0 atom stereocenters. The molecule has 3 aromatic rings. The quantitative estimate of drug-likeness (QED) is 0.715. The Bertz CT molecular complexity index is 1000. The molecule has 4 heteroatoms. The Morgan fingerprint density at radius 1 is 0.862 bits per heavy atom. The molecule has 29 heavy (non-hydrogen) atoms. The molecule has 0 aliphatic carbocycles. The Labute approximate surface area is 171 Å². The van der Waals surface area contributed by atoms with Crippen LogP contribution in [0.1, 0.15) is 38.3 Å². The Hall–Kier alpha value is -3.40. The summed E-state index contributed by atoms with van der Waals surface area (Å²) in [5.74, 6) is -0.0677. The van der Waals surface area contributed by atoms with Crippen LogP contribution >= 0.6 is 0 Å². The van der Waals surface area contributed by atoms with Crippen LogP contribution in [0.15, 0.2) is 78.9 Å². The number of carbonyl (C=O) groups is 2. The van der Waals surface area contributed by atoms with E-state index in [1.165, 1.54) is 5.56 Å². The third-order valence-corrected chi connectivity index (χ3v) is 5.27. The Kier molecular flexibility index (Phi) is 5.71. The van der Waals surface area contributed by atoms with E-state index >= 15 is 0 Å². The molecule has 0 radical (unpaired) electrons. The maximum absolute atomic E-state index is 12.9. The van der Waals surface area contributed by atoms with E-state index in [1.54, 1.807) is 0 Å². The van der Waals surface area contributed by atoms with Gasteiger partial charge in [-0.05, 0) is 60.7 Å². The largest absolute Gasteiger partial charge is 0.352 e. The third-order valence-electron chi connectivity index (χ3n) is 5.27. The van der Waals surface area contributed by atoms with Gasteiger partial charge in [0.2, 0.25) is 0 Å². The highest BCUT2D eigenvalue weighted by Gasteiger charge is 2.24. The first-order valence-electron chi connectivity index (χ1n) is 10.0. The molecule has 0 fully saturated rings. The predicted molar refractivity (Wildman–Crippen MR) is 115 cm³/mol. The smallest absolute Gasteiger partial charge is 0.258 e. The van der Waals surface area contributed by atoms with E-state index in [1.807, 2.05) is 71.6 Å². The molecule has 1 aliphatic rings. The number of nitrogens with zero attached hydrogens (tertiary/aromatic N) is 1. The van der Waals surface area contributed by atoms with Crippen LogP contribution in [0.2, 0.25) is 0 Å². The number of hydrogen-bond acceptors (Lipinski definition) is 2. The van der Waals surface area contributed by atoms with Crippen LogP contribution in [0.25, 0.3) is 0 Å². The van der Waals surface area contributed by atoms with Crippen molar-refractivity contribution >= 4 is 17.5 Å². The molecule has 0 bridgehead atoms. The molecule has 146 valence electrons. The fourth-order valence-corrected chi connectivity index (χ4v) is 3.75. The molecule has 0 spiro atoms. The summed E-state index contributed by atoms with van der Waals surface area (Å²) in [4.78, 5) is 27.3. The van der Waals surface area contributed by atoms with Crippen molar-refractivity contribution in [3.8, 4) is 0 Å². The average Bonchev–Trinajstić information content (AvgIpc) is 2.79. The number of nitrogens with one attached hydrogen (secondary N) is 1. The van der Waals surface area contributed by atoms with E-state index in [4.69, 9.17) is 0 Å². The minimum Gasteiger partial charge on any atom is -0.352 e. The van der Waals surface area contributed by atoms with Gasteiger partial charge in [-0.15, -0.1) is 0 Å². The van der Waals surface area contributed by atoms with Gasteiger partial charge in [-0.2, -0.15) is 0 Å². The van der Waals surface area contributed by atoms with Crippen LogP contribution in [0.5, 0.6) is 0 Å². The van der Waals surface area contributed by atoms with Crippen molar-refractivity contribution in [1.29, 1.82) is 0 Å². The summed E-state index contributed by atoms with van der Waals surface area (Å²) in [7, 11) is 0. The summed E-state index contributed by atoms with van der Waals surface area (Å²) >= 11 is 0. The van der Waals surface area contributed by atoms with Gasteiger partial charge in [0.1, 0.15) is 0 Å². The minimum absolute atomic E-state index is 0.00612. The van der Waals surface area contributed by atoms with Crippen LogP contribution in [-0.4, -0.2) is 24.9 Å². The molecule has 0 saturated carbocycles. The van der Waals surface area contributed by atoms with Crippen molar-refractivity contribution in [3.05, 3.63) is 101 Å². The summed E-state index contributed by atoms with van der Waals surface area (Å²) in [5, 5.41) is 2.99. The molecular weight excluding hydrogens is 360 g/mol.